The number of hydrogen-bond acceptors (Lipinski definition) is 2. The zero-order valence-corrected chi connectivity index (χ0v) is 11.7. The van der Waals surface area contributed by atoms with Crippen LogP contribution < -0.4 is 5.32 Å². The molecular formula is C14H18ClFN2O. The molecule has 1 aromatic carbocycles. The lowest BCUT2D eigenvalue weighted by atomic mass is 10.1. The molecule has 2 rings (SSSR count). The molecule has 0 aliphatic carbocycles. The number of rotatable bonds is 3. The van der Waals surface area contributed by atoms with Crippen LogP contribution in [-0.4, -0.2) is 29.9 Å². The minimum atomic E-state index is -0.512. The first kappa shape index (κ1) is 14.1. The van der Waals surface area contributed by atoms with Crippen molar-refractivity contribution in [1.82, 2.24) is 4.90 Å². The fraction of sp³-hybridized carbons (Fsp3) is 0.500. The molecule has 0 aromatic heterocycles. The summed E-state index contributed by atoms with van der Waals surface area (Å²) in [5.74, 6) is -0.499. The van der Waals surface area contributed by atoms with Crippen molar-refractivity contribution in [3.05, 3.63) is 29.0 Å². The molecule has 1 saturated heterocycles. The predicted molar refractivity (Wildman–Crippen MR) is 74.9 cm³/mol. The van der Waals surface area contributed by atoms with Crippen LogP contribution in [0.5, 0.6) is 0 Å². The van der Waals surface area contributed by atoms with Gasteiger partial charge in [-0.2, -0.15) is 0 Å². The highest BCUT2D eigenvalue weighted by molar-refractivity contribution is 6.31. The van der Waals surface area contributed by atoms with Crippen LogP contribution in [0.3, 0.4) is 0 Å². The third-order valence-corrected chi connectivity index (χ3v) is 3.65. The highest BCUT2D eigenvalue weighted by atomic mass is 35.5. The fourth-order valence-corrected chi connectivity index (χ4v) is 2.47. The highest BCUT2D eigenvalue weighted by Crippen LogP contribution is 2.23. The van der Waals surface area contributed by atoms with E-state index in [0.717, 1.165) is 25.9 Å². The second kappa shape index (κ2) is 6.24. The van der Waals surface area contributed by atoms with E-state index in [1.54, 1.807) is 19.1 Å². The van der Waals surface area contributed by atoms with E-state index >= 15 is 0 Å². The number of likely N-dealkylation sites (tertiary alicyclic amines) is 1. The molecule has 0 saturated carbocycles. The number of amides is 1. The number of anilines is 1. The van der Waals surface area contributed by atoms with Gasteiger partial charge in [0, 0.05) is 13.1 Å². The summed E-state index contributed by atoms with van der Waals surface area (Å²) in [5.41, 5.74) is 0.269. The third kappa shape index (κ3) is 3.38. The van der Waals surface area contributed by atoms with Gasteiger partial charge in [0.15, 0.2) is 5.82 Å². The van der Waals surface area contributed by atoms with Gasteiger partial charge in [-0.1, -0.05) is 17.7 Å². The summed E-state index contributed by atoms with van der Waals surface area (Å²) in [6.45, 7) is 3.34. The second-order valence-electron chi connectivity index (χ2n) is 4.85. The van der Waals surface area contributed by atoms with E-state index in [9.17, 15) is 9.18 Å². The van der Waals surface area contributed by atoms with Crippen molar-refractivity contribution < 1.29 is 9.18 Å². The van der Waals surface area contributed by atoms with E-state index in [1.165, 1.54) is 12.5 Å². The molecule has 0 bridgehead atoms. The lowest BCUT2D eigenvalue weighted by Crippen LogP contribution is -2.44. The van der Waals surface area contributed by atoms with E-state index in [0.29, 0.717) is 0 Å². The van der Waals surface area contributed by atoms with E-state index in [4.69, 9.17) is 11.6 Å². The monoisotopic (exact) mass is 284 g/mol. The topological polar surface area (TPSA) is 32.3 Å². The van der Waals surface area contributed by atoms with Crippen LogP contribution in [0.15, 0.2) is 18.2 Å². The zero-order valence-electron chi connectivity index (χ0n) is 11.0. The van der Waals surface area contributed by atoms with Crippen LogP contribution in [0.1, 0.15) is 26.2 Å². The Morgan fingerprint density at radius 1 is 1.37 bits per heavy atom. The Morgan fingerprint density at radius 3 is 2.74 bits per heavy atom. The standard InChI is InChI=1S/C14H18ClFN2O/c1-10(14(19)18-8-3-2-4-9-18)17-12-7-5-6-11(15)13(12)16/h5-7,10,17H,2-4,8-9H2,1H3. The van der Waals surface area contributed by atoms with Crippen LogP contribution in [0.2, 0.25) is 5.02 Å². The van der Waals surface area contributed by atoms with E-state index in [-0.39, 0.29) is 16.6 Å². The highest BCUT2D eigenvalue weighted by Gasteiger charge is 2.22. The quantitative estimate of drug-likeness (QED) is 0.924. The Balaban J connectivity index is 2.01. The summed E-state index contributed by atoms with van der Waals surface area (Å²) in [6.07, 6.45) is 3.27. The van der Waals surface area contributed by atoms with Gasteiger partial charge in [0.2, 0.25) is 5.91 Å². The maximum atomic E-state index is 13.7. The van der Waals surface area contributed by atoms with Gasteiger partial charge in [0.25, 0.3) is 0 Å². The normalized spacial score (nSPS) is 17.1. The molecule has 1 atom stereocenters. The maximum Gasteiger partial charge on any atom is 0.244 e. The van der Waals surface area contributed by atoms with Crippen molar-refractivity contribution in [2.45, 2.75) is 32.2 Å². The second-order valence-corrected chi connectivity index (χ2v) is 5.26. The summed E-state index contributed by atoms with van der Waals surface area (Å²) in [5, 5.41) is 2.96. The van der Waals surface area contributed by atoms with Gasteiger partial charge in [-0.05, 0) is 38.3 Å². The van der Waals surface area contributed by atoms with Crippen molar-refractivity contribution in [2.75, 3.05) is 18.4 Å². The number of hydrogen-bond donors (Lipinski definition) is 1. The molecule has 5 heteroatoms. The Hall–Kier alpha value is -1.29. The third-order valence-electron chi connectivity index (χ3n) is 3.36. The minimum absolute atomic E-state index is 0.0130. The number of carbonyl (C=O) groups excluding carboxylic acids is 1. The van der Waals surface area contributed by atoms with Gasteiger partial charge in [0.05, 0.1) is 10.7 Å². The van der Waals surface area contributed by atoms with Gasteiger partial charge in [-0.15, -0.1) is 0 Å². The number of halogens is 2. The number of nitrogens with one attached hydrogen (secondary N) is 1. The molecule has 1 heterocycles. The molecule has 1 N–H and O–H groups in total. The van der Waals surface area contributed by atoms with Gasteiger partial charge in [-0.25, -0.2) is 4.39 Å². The first-order valence-electron chi connectivity index (χ1n) is 6.59. The van der Waals surface area contributed by atoms with Crippen molar-refractivity contribution >= 4 is 23.2 Å². The largest absolute Gasteiger partial charge is 0.371 e. The first-order valence-corrected chi connectivity index (χ1v) is 6.96. The molecule has 0 radical (unpaired) electrons. The summed E-state index contributed by atoms with van der Waals surface area (Å²) < 4.78 is 13.7. The molecule has 1 amide bonds. The van der Waals surface area contributed by atoms with E-state index in [1.807, 2.05) is 4.90 Å². The Morgan fingerprint density at radius 2 is 2.05 bits per heavy atom. The molecule has 1 aromatic rings. The van der Waals surface area contributed by atoms with Crippen LogP contribution in [0, 0.1) is 5.82 Å². The van der Waals surface area contributed by atoms with Crippen molar-refractivity contribution in [2.24, 2.45) is 0 Å². The lowest BCUT2D eigenvalue weighted by Gasteiger charge is -2.29. The summed E-state index contributed by atoms with van der Waals surface area (Å²) >= 11 is 5.72. The molecule has 1 aliphatic rings. The first-order chi connectivity index (χ1) is 9.09. The average molecular weight is 285 g/mol. The maximum absolute atomic E-state index is 13.7. The van der Waals surface area contributed by atoms with Crippen LogP contribution in [0.25, 0.3) is 0 Å². The van der Waals surface area contributed by atoms with Crippen LogP contribution in [-0.2, 0) is 4.79 Å². The molecule has 104 valence electrons. The average Bonchev–Trinajstić information content (AvgIpc) is 2.44. The molecule has 3 nitrogen and oxygen atoms in total. The Labute approximate surface area is 117 Å². The van der Waals surface area contributed by atoms with Gasteiger partial charge < -0.3 is 10.2 Å². The van der Waals surface area contributed by atoms with E-state index < -0.39 is 11.9 Å². The molecule has 19 heavy (non-hydrogen) atoms. The smallest absolute Gasteiger partial charge is 0.244 e. The summed E-state index contributed by atoms with van der Waals surface area (Å²) in [4.78, 5) is 14.0. The SMILES string of the molecule is CC(Nc1cccc(Cl)c1F)C(=O)N1CCCCC1. The molecule has 1 fully saturated rings. The summed E-state index contributed by atoms with van der Waals surface area (Å²) in [6, 6.07) is 4.28. The van der Waals surface area contributed by atoms with Crippen molar-refractivity contribution in [3.63, 3.8) is 0 Å². The van der Waals surface area contributed by atoms with Crippen molar-refractivity contribution in [3.8, 4) is 0 Å². The Bertz CT molecular complexity index is 461. The van der Waals surface area contributed by atoms with Crippen LogP contribution >= 0.6 is 11.6 Å². The van der Waals surface area contributed by atoms with Crippen molar-refractivity contribution in [1.29, 1.82) is 0 Å². The lowest BCUT2D eigenvalue weighted by molar-refractivity contribution is -0.132. The molecule has 0 spiro atoms. The number of piperidine rings is 1. The summed E-state index contributed by atoms with van der Waals surface area (Å²) in [7, 11) is 0. The number of benzene rings is 1. The Kier molecular flexibility index (Phi) is 4.64. The van der Waals surface area contributed by atoms with Gasteiger partial charge in [-0.3, -0.25) is 4.79 Å². The molecule has 1 aliphatic heterocycles. The minimum Gasteiger partial charge on any atom is -0.371 e. The van der Waals surface area contributed by atoms with Crippen LogP contribution in [0.4, 0.5) is 10.1 Å². The van der Waals surface area contributed by atoms with Gasteiger partial charge >= 0.3 is 0 Å². The molecule has 1 unspecified atom stereocenters. The molecular weight excluding hydrogens is 267 g/mol. The fourth-order valence-electron chi connectivity index (χ4n) is 2.30. The zero-order chi connectivity index (χ0) is 13.8. The number of nitrogens with zero attached hydrogens (tertiary/aromatic N) is 1. The predicted octanol–water partition coefficient (Wildman–Crippen LogP) is 3.29. The van der Waals surface area contributed by atoms with Gasteiger partial charge in [0.1, 0.15) is 6.04 Å². The van der Waals surface area contributed by atoms with E-state index in [2.05, 4.69) is 5.32 Å². The number of carbonyl (C=O) groups is 1.